The van der Waals surface area contributed by atoms with E-state index in [0.717, 1.165) is 23.1 Å². The van der Waals surface area contributed by atoms with Crippen molar-refractivity contribution in [3.63, 3.8) is 0 Å². The standard InChI is InChI=1S/C17H12FN3O5/c1-9(20-16(23)11-4-2-3-5-12(11)17(20)24)15(22)19-14-8-10(21(25)26)6-7-13(14)18/h2-9H,1H3,(H,19,22). The molecule has 0 saturated carbocycles. The van der Waals surface area contributed by atoms with E-state index < -0.39 is 45.9 Å². The fraction of sp³-hybridized carbons (Fsp3) is 0.118. The van der Waals surface area contributed by atoms with Crippen LogP contribution in [0.4, 0.5) is 15.8 Å². The van der Waals surface area contributed by atoms with Gasteiger partial charge in [-0.2, -0.15) is 0 Å². The minimum absolute atomic E-state index is 0.179. The summed E-state index contributed by atoms with van der Waals surface area (Å²) in [5.41, 5.74) is -0.458. The molecule has 9 heteroatoms. The van der Waals surface area contributed by atoms with E-state index in [0.29, 0.717) is 0 Å². The highest BCUT2D eigenvalue weighted by Crippen LogP contribution is 2.26. The second-order valence-electron chi connectivity index (χ2n) is 5.61. The van der Waals surface area contributed by atoms with Gasteiger partial charge < -0.3 is 5.32 Å². The van der Waals surface area contributed by atoms with E-state index in [-0.39, 0.29) is 11.1 Å². The topological polar surface area (TPSA) is 110 Å². The summed E-state index contributed by atoms with van der Waals surface area (Å²) in [6.07, 6.45) is 0. The molecule has 3 amide bonds. The third-order valence-electron chi connectivity index (χ3n) is 4.01. The molecular weight excluding hydrogens is 345 g/mol. The van der Waals surface area contributed by atoms with Crippen LogP contribution in [-0.2, 0) is 4.79 Å². The maximum absolute atomic E-state index is 13.8. The van der Waals surface area contributed by atoms with Crippen LogP contribution in [0.3, 0.4) is 0 Å². The molecule has 1 aliphatic heterocycles. The molecule has 2 aromatic carbocycles. The van der Waals surface area contributed by atoms with Crippen LogP contribution in [0.15, 0.2) is 42.5 Å². The molecule has 1 aliphatic rings. The van der Waals surface area contributed by atoms with Gasteiger partial charge in [-0.25, -0.2) is 4.39 Å². The van der Waals surface area contributed by atoms with Gasteiger partial charge in [0.25, 0.3) is 17.5 Å². The molecule has 0 spiro atoms. The largest absolute Gasteiger partial charge is 0.322 e. The van der Waals surface area contributed by atoms with Gasteiger partial charge in [0.15, 0.2) is 0 Å². The molecule has 1 unspecified atom stereocenters. The first-order valence-electron chi connectivity index (χ1n) is 7.53. The van der Waals surface area contributed by atoms with Crippen molar-refractivity contribution in [2.75, 3.05) is 5.32 Å². The van der Waals surface area contributed by atoms with E-state index in [1.165, 1.54) is 19.1 Å². The third-order valence-corrected chi connectivity index (χ3v) is 4.01. The van der Waals surface area contributed by atoms with Crippen molar-refractivity contribution in [3.05, 3.63) is 69.5 Å². The van der Waals surface area contributed by atoms with Crippen LogP contribution in [0.25, 0.3) is 0 Å². The minimum atomic E-state index is -1.24. The van der Waals surface area contributed by atoms with Gasteiger partial charge >= 0.3 is 0 Å². The molecule has 0 aliphatic carbocycles. The summed E-state index contributed by atoms with van der Waals surface area (Å²) in [6.45, 7) is 1.31. The Labute approximate surface area is 146 Å². The van der Waals surface area contributed by atoms with Crippen molar-refractivity contribution in [1.82, 2.24) is 4.90 Å². The molecule has 0 aromatic heterocycles. The number of nitro benzene ring substituents is 1. The van der Waals surface area contributed by atoms with Gasteiger partial charge in [0.2, 0.25) is 5.91 Å². The van der Waals surface area contributed by atoms with Crippen LogP contribution >= 0.6 is 0 Å². The normalized spacial score (nSPS) is 14.2. The number of nitrogens with one attached hydrogen (secondary N) is 1. The summed E-state index contributed by atoms with van der Waals surface area (Å²) < 4.78 is 13.8. The highest BCUT2D eigenvalue weighted by atomic mass is 19.1. The highest BCUT2D eigenvalue weighted by molar-refractivity contribution is 6.23. The molecular formula is C17H12FN3O5. The molecule has 1 heterocycles. The van der Waals surface area contributed by atoms with Crippen LogP contribution in [0.2, 0.25) is 0 Å². The van der Waals surface area contributed by atoms with Crippen LogP contribution in [-0.4, -0.2) is 33.6 Å². The molecule has 0 saturated heterocycles. The summed E-state index contributed by atoms with van der Waals surface area (Å²) in [7, 11) is 0. The quantitative estimate of drug-likeness (QED) is 0.513. The van der Waals surface area contributed by atoms with Crippen molar-refractivity contribution in [1.29, 1.82) is 0 Å². The fourth-order valence-electron chi connectivity index (χ4n) is 2.64. The number of amides is 3. The number of carbonyl (C=O) groups is 3. The Morgan fingerprint density at radius 3 is 2.27 bits per heavy atom. The second kappa shape index (κ2) is 6.36. The van der Waals surface area contributed by atoms with E-state index in [4.69, 9.17) is 0 Å². The molecule has 1 N–H and O–H groups in total. The molecule has 0 fully saturated rings. The van der Waals surface area contributed by atoms with Crippen molar-refractivity contribution in [2.24, 2.45) is 0 Å². The van der Waals surface area contributed by atoms with Crippen LogP contribution in [0, 0.1) is 15.9 Å². The number of carbonyl (C=O) groups excluding carboxylic acids is 3. The molecule has 2 aromatic rings. The fourth-order valence-corrected chi connectivity index (χ4v) is 2.64. The molecule has 8 nitrogen and oxygen atoms in total. The maximum Gasteiger partial charge on any atom is 0.271 e. The van der Waals surface area contributed by atoms with Gasteiger partial charge in [-0.15, -0.1) is 0 Å². The Kier molecular flexibility index (Phi) is 4.21. The molecule has 132 valence electrons. The predicted octanol–water partition coefficient (Wildman–Crippen LogP) is 2.36. The number of benzene rings is 2. The number of fused-ring (bicyclic) bond motifs is 1. The molecule has 26 heavy (non-hydrogen) atoms. The van der Waals surface area contributed by atoms with Gasteiger partial charge in [0.1, 0.15) is 11.9 Å². The van der Waals surface area contributed by atoms with Crippen molar-refractivity contribution >= 4 is 29.1 Å². The van der Waals surface area contributed by atoms with E-state index >= 15 is 0 Å². The first-order valence-corrected chi connectivity index (χ1v) is 7.53. The van der Waals surface area contributed by atoms with E-state index in [1.807, 2.05) is 0 Å². The Balaban J connectivity index is 1.84. The monoisotopic (exact) mass is 357 g/mol. The smallest absolute Gasteiger partial charge is 0.271 e. The first-order chi connectivity index (χ1) is 12.3. The molecule has 0 radical (unpaired) electrons. The lowest BCUT2D eigenvalue weighted by atomic mass is 10.1. The van der Waals surface area contributed by atoms with E-state index in [9.17, 15) is 28.9 Å². The molecule has 3 rings (SSSR count). The zero-order chi connectivity index (χ0) is 19.0. The average Bonchev–Trinajstić information content (AvgIpc) is 2.87. The minimum Gasteiger partial charge on any atom is -0.322 e. The third kappa shape index (κ3) is 2.79. The second-order valence-corrected chi connectivity index (χ2v) is 5.61. The summed E-state index contributed by atoms with van der Waals surface area (Å²) in [4.78, 5) is 48.0. The Morgan fingerprint density at radius 1 is 1.15 bits per heavy atom. The van der Waals surface area contributed by atoms with Crippen molar-refractivity contribution in [3.8, 4) is 0 Å². The van der Waals surface area contributed by atoms with Gasteiger partial charge in [-0.3, -0.25) is 29.4 Å². The van der Waals surface area contributed by atoms with Gasteiger partial charge in [-0.05, 0) is 25.1 Å². The Morgan fingerprint density at radius 2 is 1.73 bits per heavy atom. The number of nitrogens with zero attached hydrogens (tertiary/aromatic N) is 2. The Hall–Kier alpha value is -3.62. The van der Waals surface area contributed by atoms with Crippen molar-refractivity contribution < 1.29 is 23.7 Å². The average molecular weight is 357 g/mol. The molecule has 0 bridgehead atoms. The maximum atomic E-state index is 13.8. The van der Waals surface area contributed by atoms with Gasteiger partial charge in [0.05, 0.1) is 21.7 Å². The predicted molar refractivity (Wildman–Crippen MR) is 88.1 cm³/mol. The van der Waals surface area contributed by atoms with E-state index in [1.54, 1.807) is 12.1 Å². The number of hydrogen-bond acceptors (Lipinski definition) is 5. The lowest BCUT2D eigenvalue weighted by Crippen LogP contribution is -2.45. The summed E-state index contributed by atoms with van der Waals surface area (Å²) >= 11 is 0. The number of rotatable bonds is 4. The molecule has 1 atom stereocenters. The highest BCUT2D eigenvalue weighted by Gasteiger charge is 2.40. The number of imide groups is 1. The van der Waals surface area contributed by atoms with Crippen LogP contribution in [0.1, 0.15) is 27.6 Å². The summed E-state index contributed by atoms with van der Waals surface area (Å²) in [6, 6.07) is 7.57. The summed E-state index contributed by atoms with van der Waals surface area (Å²) in [5, 5.41) is 13.0. The lowest BCUT2D eigenvalue weighted by molar-refractivity contribution is -0.384. The number of nitro groups is 1. The number of non-ortho nitro benzene ring substituents is 1. The number of anilines is 1. The van der Waals surface area contributed by atoms with Crippen LogP contribution in [0.5, 0.6) is 0 Å². The zero-order valence-electron chi connectivity index (χ0n) is 13.4. The lowest BCUT2D eigenvalue weighted by Gasteiger charge is -2.21. The SMILES string of the molecule is CC(C(=O)Nc1cc([N+](=O)[O-])ccc1F)N1C(=O)c2ccccc2C1=O. The van der Waals surface area contributed by atoms with Gasteiger partial charge in [0, 0.05) is 12.1 Å². The van der Waals surface area contributed by atoms with Gasteiger partial charge in [-0.1, -0.05) is 12.1 Å². The summed E-state index contributed by atoms with van der Waals surface area (Å²) in [5.74, 6) is -2.99. The first kappa shape index (κ1) is 17.2. The Bertz CT molecular complexity index is 924. The van der Waals surface area contributed by atoms with E-state index in [2.05, 4.69) is 5.32 Å². The number of hydrogen-bond donors (Lipinski definition) is 1. The van der Waals surface area contributed by atoms with Crippen molar-refractivity contribution in [2.45, 2.75) is 13.0 Å². The van der Waals surface area contributed by atoms with Crippen LogP contribution < -0.4 is 5.32 Å². The zero-order valence-corrected chi connectivity index (χ0v) is 13.4. The number of halogens is 1.